The van der Waals surface area contributed by atoms with Crippen molar-refractivity contribution in [1.82, 2.24) is 30.0 Å². The Morgan fingerprint density at radius 3 is 2.64 bits per heavy atom. The molecule has 0 aliphatic carbocycles. The van der Waals surface area contributed by atoms with Crippen LogP contribution < -0.4 is 0 Å². The highest BCUT2D eigenvalue weighted by Gasteiger charge is 2.18. The van der Waals surface area contributed by atoms with Crippen molar-refractivity contribution in [2.24, 2.45) is 0 Å². The number of rotatable bonds is 2. The highest BCUT2D eigenvalue weighted by molar-refractivity contribution is 5.94. The van der Waals surface area contributed by atoms with E-state index in [0.29, 0.717) is 22.8 Å². The number of pyridine rings is 1. The summed E-state index contributed by atoms with van der Waals surface area (Å²) in [4.78, 5) is 9.26. The van der Waals surface area contributed by atoms with Crippen LogP contribution in [0.2, 0.25) is 0 Å². The van der Waals surface area contributed by atoms with Crippen molar-refractivity contribution >= 4 is 16.6 Å². The molecule has 5 rings (SSSR count). The number of nitrogens with zero attached hydrogens (tertiary/aromatic N) is 6. The third kappa shape index (κ3) is 2.09. The molecule has 1 aromatic carbocycles. The van der Waals surface area contributed by atoms with E-state index in [1.54, 1.807) is 10.7 Å². The Morgan fingerprint density at radius 2 is 1.84 bits per heavy atom. The highest BCUT2D eigenvalue weighted by atomic mass is 16.5. The number of hydrogen-bond donors (Lipinski definition) is 0. The summed E-state index contributed by atoms with van der Waals surface area (Å²) < 4.78 is 6.90. The Bertz CT molecular complexity index is 1210. The van der Waals surface area contributed by atoms with Crippen LogP contribution in [0.3, 0.4) is 0 Å². The summed E-state index contributed by atoms with van der Waals surface area (Å²) in [6.45, 7) is 1.84. The van der Waals surface area contributed by atoms with Gasteiger partial charge >= 0.3 is 0 Å². The Kier molecular flexibility index (Phi) is 2.87. The van der Waals surface area contributed by atoms with Gasteiger partial charge in [-0.25, -0.2) is 4.98 Å². The summed E-state index contributed by atoms with van der Waals surface area (Å²) in [5.74, 6) is 0.710. The van der Waals surface area contributed by atoms with Crippen molar-refractivity contribution in [2.75, 3.05) is 0 Å². The van der Waals surface area contributed by atoms with E-state index < -0.39 is 0 Å². The number of hydrogen-bond acceptors (Lipinski definition) is 6. The lowest BCUT2D eigenvalue weighted by Gasteiger charge is -2.07. The molecule has 0 fully saturated rings. The van der Waals surface area contributed by atoms with Crippen molar-refractivity contribution in [3.63, 3.8) is 0 Å². The van der Waals surface area contributed by atoms with E-state index in [2.05, 4.69) is 20.5 Å². The van der Waals surface area contributed by atoms with Crippen LogP contribution in [-0.4, -0.2) is 30.0 Å². The fraction of sp³-hybridized carbons (Fsp3) is 0.0556. The number of benzene rings is 1. The van der Waals surface area contributed by atoms with Crippen molar-refractivity contribution in [1.29, 1.82) is 0 Å². The average Bonchev–Trinajstić information content (AvgIpc) is 3.27. The molecular formula is C18H12N6O. The highest BCUT2D eigenvalue weighted by Crippen LogP contribution is 2.29. The third-order valence-electron chi connectivity index (χ3n) is 4.03. The van der Waals surface area contributed by atoms with Crippen molar-refractivity contribution < 1.29 is 4.52 Å². The first-order chi connectivity index (χ1) is 12.3. The Labute approximate surface area is 141 Å². The van der Waals surface area contributed by atoms with E-state index in [0.717, 1.165) is 22.3 Å². The van der Waals surface area contributed by atoms with Crippen molar-refractivity contribution in [2.45, 2.75) is 6.92 Å². The van der Waals surface area contributed by atoms with Crippen molar-refractivity contribution in [3.8, 4) is 22.8 Å². The van der Waals surface area contributed by atoms with E-state index in [1.165, 1.54) is 0 Å². The van der Waals surface area contributed by atoms with Crippen LogP contribution in [0.1, 0.15) is 5.76 Å². The normalized spacial score (nSPS) is 11.4. The van der Waals surface area contributed by atoms with Crippen molar-refractivity contribution in [3.05, 3.63) is 60.5 Å². The second kappa shape index (κ2) is 5.20. The minimum absolute atomic E-state index is 0.583. The predicted molar refractivity (Wildman–Crippen MR) is 91.8 cm³/mol. The van der Waals surface area contributed by atoms with Gasteiger partial charge in [-0.2, -0.15) is 4.52 Å². The fourth-order valence-corrected chi connectivity index (χ4v) is 2.91. The molecule has 0 saturated carbocycles. The molecule has 0 radical (unpaired) electrons. The lowest BCUT2D eigenvalue weighted by Crippen LogP contribution is -1.98. The van der Waals surface area contributed by atoms with E-state index in [-0.39, 0.29) is 0 Å². The summed E-state index contributed by atoms with van der Waals surface area (Å²) in [6.07, 6.45) is 1.76. The molecule has 0 aliphatic rings. The molecule has 7 heteroatoms. The lowest BCUT2D eigenvalue weighted by atomic mass is 10.1. The summed E-state index contributed by atoms with van der Waals surface area (Å²) >= 11 is 0. The van der Waals surface area contributed by atoms with Gasteiger partial charge in [-0.05, 0) is 25.1 Å². The van der Waals surface area contributed by atoms with Gasteiger partial charge in [-0.15, -0.1) is 5.10 Å². The monoisotopic (exact) mass is 328 g/mol. The van der Waals surface area contributed by atoms with Crippen LogP contribution in [0, 0.1) is 6.92 Å². The average molecular weight is 328 g/mol. The minimum atomic E-state index is 0.583. The molecule has 4 aromatic heterocycles. The number of fused-ring (bicyclic) bond motifs is 3. The Balaban J connectivity index is 1.89. The quantitative estimate of drug-likeness (QED) is 0.494. The van der Waals surface area contributed by atoms with Gasteiger partial charge in [0, 0.05) is 17.6 Å². The van der Waals surface area contributed by atoms with Crippen LogP contribution in [-0.2, 0) is 0 Å². The van der Waals surface area contributed by atoms with Crippen LogP contribution in [0.25, 0.3) is 39.3 Å². The van der Waals surface area contributed by atoms with E-state index in [9.17, 15) is 0 Å². The van der Waals surface area contributed by atoms with Gasteiger partial charge in [-0.1, -0.05) is 34.6 Å². The number of aryl methyl sites for hydroxylation is 1. The molecule has 5 aromatic rings. The molecular weight excluding hydrogens is 316 g/mol. The molecule has 0 N–H and O–H groups in total. The zero-order valence-electron chi connectivity index (χ0n) is 13.3. The van der Waals surface area contributed by atoms with Crippen LogP contribution >= 0.6 is 0 Å². The Morgan fingerprint density at radius 1 is 0.960 bits per heavy atom. The molecule has 0 bridgehead atoms. The third-order valence-corrected chi connectivity index (χ3v) is 4.03. The largest absolute Gasteiger partial charge is 0.361 e. The molecule has 0 saturated heterocycles. The lowest BCUT2D eigenvalue weighted by molar-refractivity contribution is 0.399. The van der Waals surface area contributed by atoms with E-state index >= 15 is 0 Å². The minimum Gasteiger partial charge on any atom is -0.361 e. The van der Waals surface area contributed by atoms with Gasteiger partial charge in [0.2, 0.25) is 0 Å². The second-order valence-corrected chi connectivity index (χ2v) is 5.69. The SMILES string of the molecule is Cc1cc(-c2nnn3c2nc(-c2ccccn2)c2ccccc23)no1. The fourth-order valence-electron chi connectivity index (χ4n) is 2.91. The van der Waals surface area contributed by atoms with Crippen LogP contribution in [0.5, 0.6) is 0 Å². The maximum absolute atomic E-state index is 5.17. The molecule has 25 heavy (non-hydrogen) atoms. The second-order valence-electron chi connectivity index (χ2n) is 5.69. The van der Waals surface area contributed by atoms with Gasteiger partial charge in [0.25, 0.3) is 0 Å². The van der Waals surface area contributed by atoms with Crippen LogP contribution in [0.15, 0.2) is 59.3 Å². The van der Waals surface area contributed by atoms with Gasteiger partial charge in [0.05, 0.1) is 11.2 Å². The maximum atomic E-state index is 5.17. The summed E-state index contributed by atoms with van der Waals surface area (Å²) in [5, 5.41) is 13.5. The molecule has 0 atom stereocenters. The van der Waals surface area contributed by atoms with E-state index in [4.69, 9.17) is 9.51 Å². The molecule has 120 valence electrons. The number of aromatic nitrogens is 6. The molecule has 0 amide bonds. The molecule has 0 aliphatic heterocycles. The number of para-hydroxylation sites is 1. The zero-order valence-corrected chi connectivity index (χ0v) is 13.3. The Hall–Kier alpha value is -3.61. The van der Waals surface area contributed by atoms with Gasteiger partial charge in [0.1, 0.15) is 17.1 Å². The first-order valence-electron chi connectivity index (χ1n) is 7.80. The van der Waals surface area contributed by atoms with Gasteiger partial charge in [-0.3, -0.25) is 4.98 Å². The molecule has 4 heterocycles. The standard InChI is InChI=1S/C18H12N6O/c1-11-10-14(22-25-11)17-18-20-16(13-7-4-5-9-19-13)12-6-2-3-8-15(12)24(18)23-21-17/h2-10H,1H3. The predicted octanol–water partition coefficient (Wildman–Crippen LogP) is 3.30. The summed E-state index contributed by atoms with van der Waals surface area (Å²) in [7, 11) is 0. The van der Waals surface area contributed by atoms with Gasteiger partial charge < -0.3 is 4.52 Å². The first kappa shape index (κ1) is 13.8. The molecule has 0 spiro atoms. The molecule has 7 nitrogen and oxygen atoms in total. The summed E-state index contributed by atoms with van der Waals surface area (Å²) in [6, 6.07) is 15.5. The smallest absolute Gasteiger partial charge is 0.186 e. The first-order valence-corrected chi connectivity index (χ1v) is 7.80. The summed E-state index contributed by atoms with van der Waals surface area (Å²) in [5.41, 5.74) is 4.30. The zero-order chi connectivity index (χ0) is 16.8. The van der Waals surface area contributed by atoms with Crippen LogP contribution in [0.4, 0.5) is 0 Å². The van der Waals surface area contributed by atoms with E-state index in [1.807, 2.05) is 55.5 Å². The topological polar surface area (TPSA) is 82.0 Å². The molecule has 0 unspecified atom stereocenters. The van der Waals surface area contributed by atoms with Gasteiger partial charge in [0.15, 0.2) is 11.3 Å². The maximum Gasteiger partial charge on any atom is 0.186 e.